The highest BCUT2D eigenvalue weighted by Gasteiger charge is 2.39. The van der Waals surface area contributed by atoms with Crippen LogP contribution in [0.5, 0.6) is 0 Å². The Balaban J connectivity index is 2.02. The molecular weight excluding hydrogens is 270 g/mol. The Morgan fingerprint density at radius 3 is 2.57 bits per heavy atom. The number of aliphatic hydroxyl groups excluding tert-OH is 1. The summed E-state index contributed by atoms with van der Waals surface area (Å²) in [5.41, 5.74) is 0.466. The van der Waals surface area contributed by atoms with Crippen LogP contribution in [0.2, 0.25) is 0 Å². The van der Waals surface area contributed by atoms with Gasteiger partial charge in [0.15, 0.2) is 0 Å². The van der Waals surface area contributed by atoms with Gasteiger partial charge < -0.3 is 15.1 Å². The monoisotopic (exact) mass is 285 g/mol. The molecule has 1 heterocycles. The summed E-state index contributed by atoms with van der Waals surface area (Å²) >= 11 is 0. The molecule has 0 aromatic heterocycles. The molecule has 5 nitrogen and oxygen atoms in total. The van der Waals surface area contributed by atoms with Crippen LogP contribution in [-0.4, -0.2) is 45.7 Å². The number of amides is 1. The van der Waals surface area contributed by atoms with Crippen LogP contribution in [0, 0.1) is 0 Å². The molecular formula is C16H15NO4. The molecule has 3 rings (SSSR count). The highest BCUT2D eigenvalue weighted by atomic mass is 16.4. The summed E-state index contributed by atoms with van der Waals surface area (Å²) in [5.74, 6) is -1.43. The van der Waals surface area contributed by atoms with Crippen molar-refractivity contribution in [3.8, 4) is 0 Å². The summed E-state index contributed by atoms with van der Waals surface area (Å²) in [6.45, 7) is 0.0546. The number of benzene rings is 2. The zero-order valence-corrected chi connectivity index (χ0v) is 11.3. The van der Waals surface area contributed by atoms with Crippen molar-refractivity contribution in [2.45, 2.75) is 18.6 Å². The van der Waals surface area contributed by atoms with E-state index in [0.717, 1.165) is 10.8 Å². The zero-order valence-electron chi connectivity index (χ0n) is 11.3. The number of carbonyl (C=O) groups excluding carboxylic acids is 1. The van der Waals surface area contributed by atoms with Gasteiger partial charge in [0.05, 0.1) is 6.10 Å². The van der Waals surface area contributed by atoms with Gasteiger partial charge in [-0.25, -0.2) is 4.79 Å². The van der Waals surface area contributed by atoms with Crippen LogP contribution in [0.4, 0.5) is 0 Å². The molecule has 2 N–H and O–H groups in total. The van der Waals surface area contributed by atoms with E-state index >= 15 is 0 Å². The standard InChI is InChI=1S/C16H15NO4/c18-11-8-14(16(20)21)17(9-11)15(19)13-7-3-5-10-4-1-2-6-12(10)13/h1-7,11,14,18H,8-9H2,(H,20,21)/t11-,14-/m0/s1. The molecule has 21 heavy (non-hydrogen) atoms. The van der Waals surface area contributed by atoms with Crippen molar-refractivity contribution in [1.82, 2.24) is 4.90 Å². The molecule has 0 spiro atoms. The summed E-state index contributed by atoms with van der Waals surface area (Å²) in [4.78, 5) is 25.2. The molecule has 2 aromatic carbocycles. The van der Waals surface area contributed by atoms with Crippen LogP contribution < -0.4 is 0 Å². The van der Waals surface area contributed by atoms with Gasteiger partial charge in [-0.2, -0.15) is 0 Å². The fourth-order valence-corrected chi connectivity index (χ4v) is 2.84. The Morgan fingerprint density at radius 1 is 1.10 bits per heavy atom. The van der Waals surface area contributed by atoms with Crippen molar-refractivity contribution < 1.29 is 19.8 Å². The first-order chi connectivity index (χ1) is 10.1. The number of aliphatic carboxylic acids is 1. The maximum Gasteiger partial charge on any atom is 0.326 e. The molecule has 1 aliphatic heterocycles. The Hall–Kier alpha value is -2.40. The molecule has 108 valence electrons. The van der Waals surface area contributed by atoms with E-state index in [0.29, 0.717) is 5.56 Å². The highest BCUT2D eigenvalue weighted by molar-refractivity contribution is 6.08. The topological polar surface area (TPSA) is 77.8 Å². The number of carbonyl (C=O) groups is 2. The smallest absolute Gasteiger partial charge is 0.326 e. The second-order valence-corrected chi connectivity index (χ2v) is 5.23. The molecule has 0 saturated carbocycles. The number of nitrogens with zero attached hydrogens (tertiary/aromatic N) is 1. The van der Waals surface area contributed by atoms with Gasteiger partial charge in [-0.1, -0.05) is 36.4 Å². The lowest BCUT2D eigenvalue weighted by Gasteiger charge is -2.22. The second kappa shape index (κ2) is 5.18. The quantitative estimate of drug-likeness (QED) is 0.876. The minimum atomic E-state index is -1.08. The van der Waals surface area contributed by atoms with Crippen LogP contribution in [0.25, 0.3) is 10.8 Å². The third kappa shape index (κ3) is 2.36. The van der Waals surface area contributed by atoms with Gasteiger partial charge in [0.1, 0.15) is 6.04 Å². The predicted octanol–water partition coefficient (Wildman–Crippen LogP) is 1.50. The molecule has 2 aromatic rings. The largest absolute Gasteiger partial charge is 0.480 e. The number of hydrogen-bond acceptors (Lipinski definition) is 3. The minimum Gasteiger partial charge on any atom is -0.480 e. The van der Waals surface area contributed by atoms with Gasteiger partial charge in [-0.15, -0.1) is 0 Å². The lowest BCUT2D eigenvalue weighted by atomic mass is 10.0. The van der Waals surface area contributed by atoms with Gasteiger partial charge in [0.25, 0.3) is 5.91 Å². The molecule has 0 aliphatic carbocycles. The van der Waals surface area contributed by atoms with Crippen molar-refractivity contribution in [2.75, 3.05) is 6.54 Å². The fraction of sp³-hybridized carbons (Fsp3) is 0.250. The van der Waals surface area contributed by atoms with E-state index in [2.05, 4.69) is 0 Å². The average molecular weight is 285 g/mol. The van der Waals surface area contributed by atoms with Crippen LogP contribution in [0.1, 0.15) is 16.8 Å². The number of β-amino-alcohol motifs (C(OH)–C–C–N with tert-alkyl or cyclic N) is 1. The molecule has 0 radical (unpaired) electrons. The van der Waals surface area contributed by atoms with E-state index in [1.54, 1.807) is 12.1 Å². The summed E-state index contributed by atoms with van der Waals surface area (Å²) in [5, 5.41) is 20.6. The fourth-order valence-electron chi connectivity index (χ4n) is 2.84. The first-order valence-electron chi connectivity index (χ1n) is 6.77. The molecule has 5 heteroatoms. The Bertz CT molecular complexity index is 707. The van der Waals surface area contributed by atoms with Crippen molar-refractivity contribution in [1.29, 1.82) is 0 Å². The van der Waals surface area contributed by atoms with Crippen molar-refractivity contribution in [2.24, 2.45) is 0 Å². The van der Waals surface area contributed by atoms with E-state index in [1.165, 1.54) is 4.90 Å². The summed E-state index contributed by atoms with van der Waals surface area (Å²) in [7, 11) is 0. The number of hydrogen-bond donors (Lipinski definition) is 2. The van der Waals surface area contributed by atoms with Crippen LogP contribution in [0.3, 0.4) is 0 Å². The molecule has 0 unspecified atom stereocenters. The SMILES string of the molecule is O=C(O)[C@@H]1C[C@H](O)CN1C(=O)c1cccc2ccccc12. The van der Waals surface area contributed by atoms with E-state index in [4.69, 9.17) is 0 Å². The van der Waals surface area contributed by atoms with Crippen LogP contribution >= 0.6 is 0 Å². The third-order valence-electron chi connectivity index (χ3n) is 3.84. The van der Waals surface area contributed by atoms with E-state index < -0.39 is 18.1 Å². The van der Waals surface area contributed by atoms with Crippen molar-refractivity contribution in [3.63, 3.8) is 0 Å². The van der Waals surface area contributed by atoms with E-state index in [9.17, 15) is 19.8 Å². The Kier molecular flexibility index (Phi) is 3.35. The molecule has 0 bridgehead atoms. The number of rotatable bonds is 2. The summed E-state index contributed by atoms with van der Waals surface area (Å²) in [6.07, 6.45) is -0.712. The van der Waals surface area contributed by atoms with Gasteiger partial charge in [0.2, 0.25) is 0 Å². The first-order valence-corrected chi connectivity index (χ1v) is 6.77. The number of aliphatic hydroxyl groups is 1. The molecule has 2 atom stereocenters. The summed E-state index contributed by atoms with van der Waals surface area (Å²) < 4.78 is 0. The van der Waals surface area contributed by atoms with Gasteiger partial charge in [-0.3, -0.25) is 4.79 Å². The zero-order chi connectivity index (χ0) is 15.0. The lowest BCUT2D eigenvalue weighted by molar-refractivity contribution is -0.141. The normalized spacial score (nSPS) is 21.7. The highest BCUT2D eigenvalue weighted by Crippen LogP contribution is 2.25. The predicted molar refractivity (Wildman–Crippen MR) is 77.0 cm³/mol. The van der Waals surface area contributed by atoms with E-state index in [1.807, 2.05) is 30.3 Å². The lowest BCUT2D eigenvalue weighted by Crippen LogP contribution is -2.40. The second-order valence-electron chi connectivity index (χ2n) is 5.23. The van der Waals surface area contributed by atoms with Crippen LogP contribution in [-0.2, 0) is 4.79 Å². The number of carboxylic acid groups (broad SMARTS) is 1. The molecule has 1 fully saturated rings. The van der Waals surface area contributed by atoms with Crippen molar-refractivity contribution >= 4 is 22.6 Å². The average Bonchev–Trinajstić information content (AvgIpc) is 2.88. The van der Waals surface area contributed by atoms with Gasteiger partial charge in [0, 0.05) is 18.5 Å². The third-order valence-corrected chi connectivity index (χ3v) is 3.84. The summed E-state index contributed by atoms with van der Waals surface area (Å²) in [6, 6.07) is 11.9. The molecule has 1 saturated heterocycles. The molecule has 1 amide bonds. The van der Waals surface area contributed by atoms with E-state index in [-0.39, 0.29) is 18.9 Å². The van der Waals surface area contributed by atoms with Gasteiger partial charge >= 0.3 is 5.97 Å². The number of carboxylic acids is 1. The Labute approximate surface area is 121 Å². The Morgan fingerprint density at radius 2 is 1.81 bits per heavy atom. The van der Waals surface area contributed by atoms with Crippen LogP contribution in [0.15, 0.2) is 42.5 Å². The molecule has 1 aliphatic rings. The first kappa shape index (κ1) is 13.6. The van der Waals surface area contributed by atoms with Gasteiger partial charge in [-0.05, 0) is 16.8 Å². The number of fused-ring (bicyclic) bond motifs is 1. The maximum absolute atomic E-state index is 12.7. The number of likely N-dealkylation sites (tertiary alicyclic amines) is 1. The van der Waals surface area contributed by atoms with Crippen molar-refractivity contribution in [3.05, 3.63) is 48.0 Å². The maximum atomic E-state index is 12.7. The minimum absolute atomic E-state index is 0.0546.